The molecule has 0 radical (unpaired) electrons. The standard InChI is InChI=1S/C12H19N5/c13-11-4-5-12(15-14-11)17-8-6-16(7-9-17)10-2-1-3-10/h4-5,10H,1-3,6-9H2,(H2,13,14). The molecular formula is C12H19N5. The van der Waals surface area contributed by atoms with Crippen LogP contribution in [0.15, 0.2) is 12.1 Å². The number of nitrogen functional groups attached to an aromatic ring is 1. The molecule has 0 bridgehead atoms. The summed E-state index contributed by atoms with van der Waals surface area (Å²) in [6.45, 7) is 4.40. The molecule has 92 valence electrons. The smallest absolute Gasteiger partial charge is 0.151 e. The van der Waals surface area contributed by atoms with Gasteiger partial charge >= 0.3 is 0 Å². The number of aromatic nitrogens is 2. The first-order valence-electron chi connectivity index (χ1n) is 6.41. The molecule has 5 heteroatoms. The van der Waals surface area contributed by atoms with Gasteiger partial charge in [-0.25, -0.2) is 0 Å². The zero-order valence-electron chi connectivity index (χ0n) is 10.0. The van der Waals surface area contributed by atoms with Gasteiger partial charge in [-0.2, -0.15) is 0 Å². The fourth-order valence-corrected chi connectivity index (χ4v) is 2.57. The first-order valence-corrected chi connectivity index (χ1v) is 6.41. The molecule has 3 rings (SSSR count). The number of hydrogen-bond donors (Lipinski definition) is 1. The van der Waals surface area contributed by atoms with Crippen LogP contribution in [0.25, 0.3) is 0 Å². The van der Waals surface area contributed by atoms with Crippen LogP contribution in [0, 0.1) is 0 Å². The lowest BCUT2D eigenvalue weighted by molar-refractivity contribution is 0.120. The Kier molecular flexibility index (Phi) is 2.84. The molecular weight excluding hydrogens is 214 g/mol. The number of hydrogen-bond acceptors (Lipinski definition) is 5. The lowest BCUT2D eigenvalue weighted by atomic mass is 9.91. The third-order valence-electron chi connectivity index (χ3n) is 3.90. The van der Waals surface area contributed by atoms with Crippen LogP contribution in [-0.4, -0.2) is 47.3 Å². The van der Waals surface area contributed by atoms with Gasteiger partial charge in [0.2, 0.25) is 0 Å². The molecule has 2 N–H and O–H groups in total. The molecule has 2 aliphatic rings. The Morgan fingerprint density at radius 1 is 1.06 bits per heavy atom. The number of nitrogens with two attached hydrogens (primary N) is 1. The largest absolute Gasteiger partial charge is 0.382 e. The van der Waals surface area contributed by atoms with E-state index in [-0.39, 0.29) is 0 Å². The summed E-state index contributed by atoms with van der Waals surface area (Å²) in [5.74, 6) is 1.44. The summed E-state index contributed by atoms with van der Waals surface area (Å²) in [5.41, 5.74) is 5.54. The van der Waals surface area contributed by atoms with E-state index in [1.807, 2.05) is 12.1 Å². The Morgan fingerprint density at radius 2 is 1.82 bits per heavy atom. The van der Waals surface area contributed by atoms with E-state index in [1.165, 1.54) is 19.3 Å². The van der Waals surface area contributed by atoms with Crippen LogP contribution in [0.1, 0.15) is 19.3 Å². The Bertz CT molecular complexity index is 365. The Hall–Kier alpha value is -1.36. The van der Waals surface area contributed by atoms with Crippen LogP contribution in [0.2, 0.25) is 0 Å². The maximum atomic E-state index is 5.54. The average molecular weight is 233 g/mol. The van der Waals surface area contributed by atoms with Crippen LogP contribution in [0.4, 0.5) is 11.6 Å². The van der Waals surface area contributed by atoms with Gasteiger partial charge in [-0.1, -0.05) is 6.42 Å². The van der Waals surface area contributed by atoms with Crippen molar-refractivity contribution >= 4 is 11.6 Å². The van der Waals surface area contributed by atoms with Gasteiger partial charge in [0.25, 0.3) is 0 Å². The fourth-order valence-electron chi connectivity index (χ4n) is 2.57. The highest BCUT2D eigenvalue weighted by atomic mass is 15.3. The van der Waals surface area contributed by atoms with Crippen molar-refractivity contribution in [3.05, 3.63) is 12.1 Å². The minimum absolute atomic E-state index is 0.488. The fraction of sp³-hybridized carbons (Fsp3) is 0.667. The third-order valence-corrected chi connectivity index (χ3v) is 3.90. The van der Waals surface area contributed by atoms with E-state index in [0.717, 1.165) is 38.0 Å². The molecule has 1 saturated heterocycles. The summed E-state index contributed by atoms with van der Waals surface area (Å²) in [7, 11) is 0. The summed E-state index contributed by atoms with van der Waals surface area (Å²) >= 11 is 0. The van der Waals surface area contributed by atoms with E-state index >= 15 is 0 Å². The Labute approximate surface area is 102 Å². The van der Waals surface area contributed by atoms with E-state index in [0.29, 0.717) is 5.82 Å². The van der Waals surface area contributed by atoms with Crippen molar-refractivity contribution in [2.45, 2.75) is 25.3 Å². The Balaban J connectivity index is 1.58. The molecule has 0 amide bonds. The SMILES string of the molecule is Nc1ccc(N2CCN(C3CCC3)CC2)nn1. The second-order valence-electron chi connectivity index (χ2n) is 4.92. The minimum atomic E-state index is 0.488. The highest BCUT2D eigenvalue weighted by Crippen LogP contribution is 2.26. The number of anilines is 2. The van der Waals surface area contributed by atoms with E-state index in [2.05, 4.69) is 20.0 Å². The molecule has 0 unspecified atom stereocenters. The molecule has 0 spiro atoms. The molecule has 2 heterocycles. The van der Waals surface area contributed by atoms with Crippen molar-refractivity contribution in [2.75, 3.05) is 36.8 Å². The van der Waals surface area contributed by atoms with Gasteiger partial charge in [-0.3, -0.25) is 4.90 Å². The van der Waals surface area contributed by atoms with Gasteiger partial charge in [0.05, 0.1) is 0 Å². The topological polar surface area (TPSA) is 58.3 Å². The second kappa shape index (κ2) is 4.49. The quantitative estimate of drug-likeness (QED) is 0.816. The van der Waals surface area contributed by atoms with Crippen LogP contribution < -0.4 is 10.6 Å². The van der Waals surface area contributed by atoms with E-state index in [9.17, 15) is 0 Å². The van der Waals surface area contributed by atoms with E-state index in [1.54, 1.807) is 0 Å². The van der Waals surface area contributed by atoms with Crippen molar-refractivity contribution in [1.29, 1.82) is 0 Å². The average Bonchev–Trinajstić information content (AvgIpc) is 2.29. The van der Waals surface area contributed by atoms with Gasteiger partial charge < -0.3 is 10.6 Å². The number of piperazine rings is 1. The zero-order chi connectivity index (χ0) is 11.7. The summed E-state index contributed by atoms with van der Waals surface area (Å²) in [4.78, 5) is 4.91. The molecule has 17 heavy (non-hydrogen) atoms. The summed E-state index contributed by atoms with van der Waals surface area (Å²) < 4.78 is 0. The zero-order valence-corrected chi connectivity index (χ0v) is 10.0. The van der Waals surface area contributed by atoms with Gasteiger partial charge in [0.1, 0.15) is 5.82 Å². The lowest BCUT2D eigenvalue weighted by Crippen LogP contribution is -2.52. The van der Waals surface area contributed by atoms with Crippen LogP contribution in [-0.2, 0) is 0 Å². The first kappa shape index (κ1) is 10.8. The second-order valence-corrected chi connectivity index (χ2v) is 4.92. The van der Waals surface area contributed by atoms with E-state index in [4.69, 9.17) is 5.73 Å². The predicted molar refractivity (Wildman–Crippen MR) is 67.9 cm³/mol. The minimum Gasteiger partial charge on any atom is -0.382 e. The molecule has 2 fully saturated rings. The van der Waals surface area contributed by atoms with Gasteiger partial charge in [0, 0.05) is 32.2 Å². The maximum absolute atomic E-state index is 5.54. The normalized spacial score (nSPS) is 22.5. The molecule has 5 nitrogen and oxygen atoms in total. The molecule has 0 atom stereocenters. The number of nitrogens with zero attached hydrogens (tertiary/aromatic N) is 4. The summed E-state index contributed by atoms with van der Waals surface area (Å²) in [6, 6.07) is 4.64. The lowest BCUT2D eigenvalue weighted by Gasteiger charge is -2.43. The summed E-state index contributed by atoms with van der Waals surface area (Å²) in [5, 5.41) is 8.05. The molecule has 1 aromatic rings. The van der Waals surface area contributed by atoms with E-state index < -0.39 is 0 Å². The molecule has 1 aromatic heterocycles. The maximum Gasteiger partial charge on any atom is 0.151 e. The molecule has 1 aliphatic heterocycles. The monoisotopic (exact) mass is 233 g/mol. The van der Waals surface area contributed by atoms with Gasteiger partial charge in [-0.05, 0) is 25.0 Å². The molecule has 1 aliphatic carbocycles. The summed E-state index contributed by atoms with van der Waals surface area (Å²) in [6.07, 6.45) is 4.19. The predicted octanol–water partition coefficient (Wildman–Crippen LogP) is 0.733. The van der Waals surface area contributed by atoms with Crippen molar-refractivity contribution in [1.82, 2.24) is 15.1 Å². The highest BCUT2D eigenvalue weighted by molar-refractivity contribution is 5.41. The van der Waals surface area contributed by atoms with Crippen LogP contribution in [0.5, 0.6) is 0 Å². The van der Waals surface area contributed by atoms with Crippen molar-refractivity contribution < 1.29 is 0 Å². The van der Waals surface area contributed by atoms with Crippen molar-refractivity contribution in [3.63, 3.8) is 0 Å². The van der Waals surface area contributed by atoms with Gasteiger partial charge in [0.15, 0.2) is 5.82 Å². The molecule has 1 saturated carbocycles. The third kappa shape index (κ3) is 2.20. The Morgan fingerprint density at radius 3 is 2.35 bits per heavy atom. The van der Waals surface area contributed by atoms with Crippen LogP contribution in [0.3, 0.4) is 0 Å². The highest BCUT2D eigenvalue weighted by Gasteiger charge is 2.28. The van der Waals surface area contributed by atoms with Crippen molar-refractivity contribution in [3.8, 4) is 0 Å². The van der Waals surface area contributed by atoms with Crippen LogP contribution >= 0.6 is 0 Å². The number of rotatable bonds is 2. The van der Waals surface area contributed by atoms with Gasteiger partial charge in [-0.15, -0.1) is 10.2 Å². The first-order chi connectivity index (χ1) is 8.33. The molecule has 0 aromatic carbocycles. The van der Waals surface area contributed by atoms with Crippen molar-refractivity contribution in [2.24, 2.45) is 0 Å².